The molecule has 1 aromatic carbocycles. The van der Waals surface area contributed by atoms with Crippen LogP contribution < -0.4 is 10.6 Å². The Morgan fingerprint density at radius 3 is 2.55 bits per heavy atom. The lowest BCUT2D eigenvalue weighted by Crippen LogP contribution is -2.23. The molecule has 3 N–H and O–H groups in total. The van der Waals surface area contributed by atoms with E-state index >= 15 is 0 Å². The number of hydrogen-bond donors (Lipinski definition) is 3. The minimum absolute atomic E-state index is 0.0463. The normalized spacial score (nSPS) is 15.7. The van der Waals surface area contributed by atoms with E-state index in [4.69, 9.17) is 10.4 Å². The molecule has 1 aliphatic carbocycles. The third kappa shape index (κ3) is 3.75. The Balaban J connectivity index is 1.96. The summed E-state index contributed by atoms with van der Waals surface area (Å²) in [5.74, 6) is -0.328. The van der Waals surface area contributed by atoms with E-state index in [0.717, 1.165) is 12.8 Å². The van der Waals surface area contributed by atoms with Gasteiger partial charge in [-0.3, -0.25) is 4.79 Å². The van der Waals surface area contributed by atoms with Gasteiger partial charge in [0.2, 0.25) is 0 Å². The van der Waals surface area contributed by atoms with Crippen molar-refractivity contribution in [1.82, 2.24) is 5.32 Å². The van der Waals surface area contributed by atoms with Crippen molar-refractivity contribution in [3.8, 4) is 11.8 Å². The van der Waals surface area contributed by atoms with Gasteiger partial charge in [-0.2, -0.15) is 5.26 Å². The number of benzene rings is 1. The lowest BCUT2D eigenvalue weighted by Gasteiger charge is -2.09. The third-order valence-electron chi connectivity index (χ3n) is 3.31. The molecule has 104 valence electrons. The van der Waals surface area contributed by atoms with Crippen LogP contribution in [0.1, 0.15) is 25.7 Å². The lowest BCUT2D eigenvalue weighted by atomic mass is 10.2. The van der Waals surface area contributed by atoms with Crippen LogP contribution >= 0.6 is 0 Å². The van der Waals surface area contributed by atoms with Gasteiger partial charge in [0.15, 0.2) is 0 Å². The number of amides is 1. The van der Waals surface area contributed by atoms with Crippen LogP contribution in [0.15, 0.2) is 36.0 Å². The van der Waals surface area contributed by atoms with Gasteiger partial charge in [0.1, 0.15) is 17.4 Å². The SMILES string of the molecule is N#C/C(=C/NC1CCCC1)C(=O)Nc1ccc(O)cc1. The smallest absolute Gasteiger partial charge is 0.267 e. The number of aromatic hydroxyl groups is 1. The van der Waals surface area contributed by atoms with Crippen LogP contribution in [0.5, 0.6) is 5.75 Å². The van der Waals surface area contributed by atoms with E-state index in [1.807, 2.05) is 6.07 Å². The molecule has 0 spiro atoms. The largest absolute Gasteiger partial charge is 0.508 e. The van der Waals surface area contributed by atoms with Gasteiger partial charge in [-0.05, 0) is 37.1 Å². The molecule has 1 fully saturated rings. The first kappa shape index (κ1) is 13.9. The molecular formula is C15H17N3O2. The van der Waals surface area contributed by atoms with Crippen LogP contribution in [0.25, 0.3) is 0 Å². The number of nitrogens with zero attached hydrogens (tertiary/aromatic N) is 1. The van der Waals surface area contributed by atoms with Crippen molar-refractivity contribution in [2.45, 2.75) is 31.7 Å². The van der Waals surface area contributed by atoms with E-state index in [1.54, 1.807) is 12.1 Å². The fourth-order valence-electron chi connectivity index (χ4n) is 2.19. The lowest BCUT2D eigenvalue weighted by molar-refractivity contribution is -0.112. The molecular weight excluding hydrogens is 254 g/mol. The second-order valence-electron chi connectivity index (χ2n) is 4.82. The molecule has 5 nitrogen and oxygen atoms in total. The van der Waals surface area contributed by atoms with Gasteiger partial charge in [-0.15, -0.1) is 0 Å². The second kappa shape index (κ2) is 6.62. The molecule has 0 unspecified atom stereocenters. The van der Waals surface area contributed by atoms with Crippen LogP contribution in [-0.2, 0) is 4.79 Å². The summed E-state index contributed by atoms with van der Waals surface area (Å²) in [6.45, 7) is 0. The Morgan fingerprint density at radius 1 is 1.30 bits per heavy atom. The summed E-state index contributed by atoms with van der Waals surface area (Å²) < 4.78 is 0. The Labute approximate surface area is 117 Å². The topological polar surface area (TPSA) is 85.2 Å². The highest BCUT2D eigenvalue weighted by Gasteiger charge is 2.14. The number of nitriles is 1. The first-order valence-electron chi connectivity index (χ1n) is 6.66. The maximum Gasteiger partial charge on any atom is 0.267 e. The summed E-state index contributed by atoms with van der Waals surface area (Å²) in [6.07, 6.45) is 6.02. The molecule has 0 radical (unpaired) electrons. The van der Waals surface area contributed by atoms with Gasteiger partial charge in [0.05, 0.1) is 0 Å². The Bertz CT molecular complexity index is 537. The third-order valence-corrected chi connectivity index (χ3v) is 3.31. The molecule has 1 amide bonds. The fraction of sp³-hybridized carbons (Fsp3) is 0.333. The molecule has 2 rings (SSSR count). The second-order valence-corrected chi connectivity index (χ2v) is 4.82. The van der Waals surface area contributed by atoms with E-state index in [1.165, 1.54) is 31.2 Å². The van der Waals surface area contributed by atoms with Crippen molar-refractivity contribution in [3.05, 3.63) is 36.0 Å². The molecule has 1 aromatic rings. The van der Waals surface area contributed by atoms with Crippen molar-refractivity contribution < 1.29 is 9.90 Å². The zero-order valence-corrected chi connectivity index (χ0v) is 11.1. The molecule has 0 aromatic heterocycles. The number of nitrogens with one attached hydrogen (secondary N) is 2. The molecule has 5 heteroatoms. The molecule has 1 saturated carbocycles. The number of phenols is 1. The van der Waals surface area contributed by atoms with Gasteiger partial charge < -0.3 is 15.7 Å². The van der Waals surface area contributed by atoms with Crippen LogP contribution in [0, 0.1) is 11.3 Å². The van der Waals surface area contributed by atoms with Crippen molar-refractivity contribution in [3.63, 3.8) is 0 Å². The molecule has 20 heavy (non-hydrogen) atoms. The van der Waals surface area contributed by atoms with Gasteiger partial charge in [0, 0.05) is 17.9 Å². The first-order valence-corrected chi connectivity index (χ1v) is 6.66. The average molecular weight is 271 g/mol. The standard InChI is InChI=1S/C15H17N3O2/c16-9-11(10-17-12-3-1-2-4-12)15(20)18-13-5-7-14(19)8-6-13/h5-8,10,12,17,19H,1-4H2,(H,18,20)/b11-10-. The van der Waals surface area contributed by atoms with Gasteiger partial charge >= 0.3 is 0 Å². The number of hydrogen-bond acceptors (Lipinski definition) is 4. The monoisotopic (exact) mass is 271 g/mol. The summed E-state index contributed by atoms with van der Waals surface area (Å²) >= 11 is 0. The summed E-state index contributed by atoms with van der Waals surface area (Å²) in [4.78, 5) is 11.9. The van der Waals surface area contributed by atoms with Crippen molar-refractivity contribution in [2.24, 2.45) is 0 Å². The molecule has 0 saturated heterocycles. The number of phenolic OH excluding ortho intramolecular Hbond substituents is 1. The van der Waals surface area contributed by atoms with E-state index in [-0.39, 0.29) is 11.3 Å². The molecule has 0 bridgehead atoms. The highest BCUT2D eigenvalue weighted by atomic mass is 16.3. The van der Waals surface area contributed by atoms with Crippen LogP contribution in [0.2, 0.25) is 0 Å². The predicted molar refractivity (Wildman–Crippen MR) is 75.8 cm³/mol. The highest BCUT2D eigenvalue weighted by Crippen LogP contribution is 2.18. The van der Waals surface area contributed by atoms with E-state index in [0.29, 0.717) is 11.7 Å². The summed E-state index contributed by atoms with van der Waals surface area (Å²) in [5.41, 5.74) is 0.583. The molecule has 0 aliphatic heterocycles. The maximum atomic E-state index is 11.9. The quantitative estimate of drug-likeness (QED) is 0.445. The minimum atomic E-state index is -0.455. The summed E-state index contributed by atoms with van der Waals surface area (Å²) in [6, 6.07) is 8.36. The molecule has 0 atom stereocenters. The average Bonchev–Trinajstić information content (AvgIpc) is 2.95. The maximum absolute atomic E-state index is 11.9. The Kier molecular flexibility index (Phi) is 4.61. The highest BCUT2D eigenvalue weighted by molar-refractivity contribution is 6.06. The van der Waals surface area contributed by atoms with Gasteiger partial charge in [-0.25, -0.2) is 0 Å². The number of carbonyl (C=O) groups is 1. The minimum Gasteiger partial charge on any atom is -0.508 e. The van der Waals surface area contributed by atoms with Crippen LogP contribution in [0.4, 0.5) is 5.69 Å². The van der Waals surface area contributed by atoms with Gasteiger partial charge in [0.25, 0.3) is 5.91 Å². The van der Waals surface area contributed by atoms with E-state index < -0.39 is 5.91 Å². The van der Waals surface area contributed by atoms with Crippen molar-refractivity contribution in [1.29, 1.82) is 5.26 Å². The number of anilines is 1. The summed E-state index contributed by atoms with van der Waals surface area (Å²) in [7, 11) is 0. The van der Waals surface area contributed by atoms with Crippen molar-refractivity contribution in [2.75, 3.05) is 5.32 Å². The first-order chi connectivity index (χ1) is 9.69. The van der Waals surface area contributed by atoms with E-state index in [2.05, 4.69) is 10.6 Å². The Morgan fingerprint density at radius 2 is 1.95 bits per heavy atom. The van der Waals surface area contributed by atoms with Crippen LogP contribution in [0.3, 0.4) is 0 Å². The van der Waals surface area contributed by atoms with E-state index in [9.17, 15) is 4.79 Å². The fourth-order valence-corrected chi connectivity index (χ4v) is 2.19. The molecule has 1 aliphatic rings. The number of carbonyl (C=O) groups excluding carboxylic acids is 1. The predicted octanol–water partition coefficient (Wildman–Crippen LogP) is 2.27. The van der Waals surface area contributed by atoms with Crippen molar-refractivity contribution >= 4 is 11.6 Å². The van der Waals surface area contributed by atoms with Gasteiger partial charge in [-0.1, -0.05) is 12.8 Å². The summed E-state index contributed by atoms with van der Waals surface area (Å²) in [5, 5.41) is 23.9. The zero-order chi connectivity index (χ0) is 14.4. The number of rotatable bonds is 4. The zero-order valence-electron chi connectivity index (χ0n) is 11.1. The van der Waals surface area contributed by atoms with Crippen LogP contribution in [-0.4, -0.2) is 17.1 Å². The Hall–Kier alpha value is -2.48. The molecule has 0 heterocycles.